The van der Waals surface area contributed by atoms with Crippen molar-refractivity contribution < 1.29 is 14.2 Å². The lowest BCUT2D eigenvalue weighted by molar-refractivity contribution is 0.370. The van der Waals surface area contributed by atoms with Gasteiger partial charge in [0.1, 0.15) is 37.1 Å². The van der Waals surface area contributed by atoms with Crippen molar-refractivity contribution in [2.75, 3.05) is 19.8 Å². The van der Waals surface area contributed by atoms with Crippen LogP contribution in [-0.2, 0) is 16.2 Å². The van der Waals surface area contributed by atoms with Gasteiger partial charge in [-0.05, 0) is 260 Å². The van der Waals surface area contributed by atoms with Crippen LogP contribution in [0.4, 0.5) is 0 Å². The Morgan fingerprint density at radius 3 is 0.857 bits per heavy atom. The first-order valence-corrected chi connectivity index (χ1v) is 40.7. The van der Waals surface area contributed by atoms with Gasteiger partial charge in [0.25, 0.3) is 0 Å². The summed E-state index contributed by atoms with van der Waals surface area (Å²) in [6.45, 7) is 6.56. The van der Waals surface area contributed by atoms with Gasteiger partial charge < -0.3 is 14.2 Å². The molecule has 3 atom stereocenters. The summed E-state index contributed by atoms with van der Waals surface area (Å²) in [5, 5.41) is 14.2. The molecule has 21 rings (SSSR count). The van der Waals surface area contributed by atoms with Gasteiger partial charge in [-0.15, -0.1) is 51.8 Å². The second-order valence-electron chi connectivity index (χ2n) is 29.4. The van der Waals surface area contributed by atoms with Crippen molar-refractivity contribution in [3.63, 3.8) is 0 Å². The minimum atomic E-state index is -0.724. The number of fused-ring (bicyclic) bond motifs is 18. The SMILES string of the molecule is CC#CCOc1ccc2cc(C3(c4ccc(C(c5ccc(C6(c7ccc8cc(OCC#CC)ccc8c7)c7ccccc7-c7c6ccc6ccccc76)s5)c5ccc(C6(c7ccc8cc(OCC#CC)ccc8c7)c7ccccc7-c7c6ccc6ccccc76)s5)s4)c4ccccc4-c4c3ccc3ccccc43)ccc2c1. The Kier molecular flexibility index (Phi) is 16.2. The maximum Gasteiger partial charge on any atom is 0.149 e. The third kappa shape index (κ3) is 10.2. The van der Waals surface area contributed by atoms with Crippen molar-refractivity contribution in [2.45, 2.75) is 42.9 Å². The smallest absolute Gasteiger partial charge is 0.149 e. The van der Waals surface area contributed by atoms with Crippen LogP contribution in [0.15, 0.2) is 328 Å². The third-order valence-corrected chi connectivity index (χ3v) is 27.6. The summed E-state index contributed by atoms with van der Waals surface area (Å²) in [6.07, 6.45) is 0. The van der Waals surface area contributed by atoms with Gasteiger partial charge in [-0.25, -0.2) is 0 Å². The Labute approximate surface area is 663 Å². The van der Waals surface area contributed by atoms with E-state index in [1.807, 2.05) is 54.8 Å². The summed E-state index contributed by atoms with van der Waals surface area (Å²) in [5.74, 6) is 20.4. The molecule has 0 saturated heterocycles. The number of thiophene rings is 3. The van der Waals surface area contributed by atoms with Gasteiger partial charge in [-0.3, -0.25) is 0 Å². The quantitative estimate of drug-likeness (QED) is 0.0958. The van der Waals surface area contributed by atoms with Gasteiger partial charge in [0.05, 0.1) is 22.2 Å². The van der Waals surface area contributed by atoms with Crippen LogP contribution in [0.1, 0.15) is 106 Å². The van der Waals surface area contributed by atoms with Crippen molar-refractivity contribution in [1.29, 1.82) is 0 Å². The summed E-state index contributed by atoms with van der Waals surface area (Å²) in [5.41, 5.74) is 16.7. The van der Waals surface area contributed by atoms with Crippen LogP contribution < -0.4 is 14.2 Å². The summed E-state index contributed by atoms with van der Waals surface area (Å²) in [7, 11) is 0. The summed E-state index contributed by atoms with van der Waals surface area (Å²) >= 11 is 5.90. The highest BCUT2D eigenvalue weighted by Crippen LogP contribution is 2.65. The molecular weight excluding hydrogens is 1420 g/mol. The Bertz CT molecular complexity index is 6470. The molecule has 3 unspecified atom stereocenters. The number of benzene rings is 15. The van der Waals surface area contributed by atoms with Gasteiger partial charge in [-0.2, -0.15) is 0 Å². The Morgan fingerprint density at radius 1 is 0.259 bits per heavy atom. The zero-order valence-electron chi connectivity index (χ0n) is 61.8. The molecule has 112 heavy (non-hydrogen) atoms. The lowest BCUT2D eigenvalue weighted by atomic mass is 9.70. The van der Waals surface area contributed by atoms with Gasteiger partial charge in [0.15, 0.2) is 0 Å². The number of ether oxygens (including phenoxy) is 3. The van der Waals surface area contributed by atoms with Gasteiger partial charge in [-0.1, -0.05) is 254 Å². The number of hydrogen-bond acceptors (Lipinski definition) is 6. The molecule has 0 radical (unpaired) electrons. The molecule has 3 aliphatic rings. The number of hydrogen-bond donors (Lipinski definition) is 0. The lowest BCUT2D eigenvalue weighted by Crippen LogP contribution is -2.27. The van der Waals surface area contributed by atoms with Crippen LogP contribution in [0.5, 0.6) is 17.2 Å². The van der Waals surface area contributed by atoms with Crippen LogP contribution in [-0.4, -0.2) is 19.8 Å². The fraction of sp³-hybridized carbons (Fsp3) is 0.0943. The minimum absolute atomic E-state index is 0.220. The van der Waals surface area contributed by atoms with Crippen molar-refractivity contribution in [1.82, 2.24) is 0 Å². The molecule has 15 aromatic carbocycles. The molecule has 0 saturated carbocycles. The van der Waals surface area contributed by atoms with Crippen LogP contribution in [0.3, 0.4) is 0 Å². The highest BCUT2D eigenvalue weighted by atomic mass is 32.1. The van der Waals surface area contributed by atoms with E-state index in [1.54, 1.807) is 0 Å². The van der Waals surface area contributed by atoms with E-state index >= 15 is 0 Å². The predicted octanol–water partition coefficient (Wildman–Crippen LogP) is 26.3. The average molecular weight is 1490 g/mol. The molecule has 3 nitrogen and oxygen atoms in total. The summed E-state index contributed by atoms with van der Waals surface area (Å²) in [6, 6.07) is 125. The highest BCUT2D eigenvalue weighted by molar-refractivity contribution is 7.15. The van der Waals surface area contributed by atoms with Crippen molar-refractivity contribution in [3.05, 3.63) is 407 Å². The fourth-order valence-corrected chi connectivity index (χ4v) is 23.5. The van der Waals surface area contributed by atoms with E-state index in [9.17, 15) is 0 Å². The van der Waals surface area contributed by atoms with Crippen LogP contribution in [0, 0.1) is 35.5 Å². The van der Waals surface area contributed by atoms with Crippen LogP contribution in [0.25, 0.3) is 98.0 Å². The standard InChI is InChI=1S/C106H70O3S3/c1-4-7-58-107-79-46-37-70-61-76(43-34-73(70)64-79)104(88-31-19-16-28-85(88)100-82-25-13-10-22-67(82)40-49-91(100)104)97-55-52-94(110-97)103(95-53-56-98(111-95)105(77-44-35-74-65-80(108-59-8-5-2)47-38-71(74)62-77)89-32-20-17-29-86(89)101-83-26-14-11-23-68(83)41-50-92(101)105)96-54-57-99(112-96)106(78-45-36-75-66-81(109-60-9-6-3)48-39-72(75)63-78)90-33-21-18-30-87(90)102-84-27-15-12-24-69(84)42-51-93(102)106/h10-57,61-66,103H,58-60H2,1-3H3. The van der Waals surface area contributed by atoms with Crippen molar-refractivity contribution >= 4 is 98.6 Å². The van der Waals surface area contributed by atoms with Gasteiger partial charge in [0, 0.05) is 29.3 Å². The Balaban J connectivity index is 0.817. The van der Waals surface area contributed by atoms with E-state index in [-0.39, 0.29) is 5.92 Å². The molecule has 3 aromatic heterocycles. The summed E-state index contributed by atoms with van der Waals surface area (Å²) in [4.78, 5) is 7.58. The van der Waals surface area contributed by atoms with E-state index in [1.165, 1.54) is 145 Å². The molecule has 0 fully saturated rings. The second-order valence-corrected chi connectivity index (χ2v) is 32.7. The lowest BCUT2D eigenvalue weighted by Gasteiger charge is -2.33. The molecule has 0 spiro atoms. The predicted molar refractivity (Wildman–Crippen MR) is 468 cm³/mol. The second kappa shape index (κ2) is 27.0. The van der Waals surface area contributed by atoms with Crippen LogP contribution in [0.2, 0.25) is 0 Å². The molecule has 3 heterocycles. The van der Waals surface area contributed by atoms with Crippen molar-refractivity contribution in [3.8, 4) is 86.2 Å². The molecule has 530 valence electrons. The first-order chi connectivity index (χ1) is 55.4. The zero-order valence-corrected chi connectivity index (χ0v) is 64.3. The van der Waals surface area contributed by atoms with Crippen LogP contribution >= 0.6 is 34.0 Å². The maximum atomic E-state index is 6.19. The topological polar surface area (TPSA) is 27.7 Å². The monoisotopic (exact) mass is 1490 g/mol. The minimum Gasteiger partial charge on any atom is -0.481 e. The van der Waals surface area contributed by atoms with Crippen molar-refractivity contribution in [2.24, 2.45) is 0 Å². The highest BCUT2D eigenvalue weighted by Gasteiger charge is 2.52. The van der Waals surface area contributed by atoms with E-state index < -0.39 is 16.2 Å². The molecule has 0 bridgehead atoms. The molecule has 0 aliphatic heterocycles. The Hall–Kier alpha value is -13.0. The molecule has 6 heteroatoms. The normalized spacial score (nSPS) is 16.3. The molecule has 0 amide bonds. The first kappa shape index (κ1) is 67.2. The first-order valence-electron chi connectivity index (χ1n) is 38.2. The molecule has 0 N–H and O–H groups in total. The third-order valence-electron chi connectivity index (χ3n) is 23.8. The fourth-order valence-electron chi connectivity index (χ4n) is 19.1. The van der Waals surface area contributed by atoms with E-state index in [0.29, 0.717) is 19.8 Å². The van der Waals surface area contributed by atoms with Gasteiger partial charge >= 0.3 is 0 Å². The average Bonchev–Trinajstić information content (AvgIpc) is 1.54. The Morgan fingerprint density at radius 2 is 0.536 bits per heavy atom. The van der Waals surface area contributed by atoms with Gasteiger partial charge in [0.2, 0.25) is 0 Å². The van der Waals surface area contributed by atoms with E-state index in [0.717, 1.165) is 49.6 Å². The maximum absolute atomic E-state index is 6.19. The van der Waals surface area contributed by atoms with E-state index in [4.69, 9.17) is 14.2 Å². The summed E-state index contributed by atoms with van der Waals surface area (Å²) < 4.78 is 18.6. The molecule has 3 aliphatic carbocycles. The number of rotatable bonds is 15. The zero-order chi connectivity index (χ0) is 74.7. The molecule has 18 aromatic rings. The molecular formula is C106H70O3S3. The van der Waals surface area contributed by atoms with E-state index in [2.05, 4.69) is 363 Å². The largest absolute Gasteiger partial charge is 0.481 e.